The van der Waals surface area contributed by atoms with Gasteiger partial charge in [0.25, 0.3) is 0 Å². The first kappa shape index (κ1) is 9.48. The van der Waals surface area contributed by atoms with E-state index in [4.69, 9.17) is 5.11 Å². The fourth-order valence-electron chi connectivity index (χ4n) is 1.47. The third kappa shape index (κ3) is 2.19. The van der Waals surface area contributed by atoms with Crippen molar-refractivity contribution in [2.75, 3.05) is 26.2 Å². The van der Waals surface area contributed by atoms with Crippen molar-refractivity contribution < 1.29 is 9.90 Å². The molecule has 12 heavy (non-hydrogen) atoms. The molecule has 1 aliphatic heterocycles. The minimum absolute atomic E-state index is 0.0142. The van der Waals surface area contributed by atoms with E-state index >= 15 is 0 Å². The van der Waals surface area contributed by atoms with Crippen LogP contribution in [-0.4, -0.2) is 37.3 Å². The predicted octanol–water partition coefficient (Wildman–Crippen LogP) is -1.05. The van der Waals surface area contributed by atoms with Crippen LogP contribution in [0.25, 0.3) is 0 Å². The topological polar surface area (TPSA) is 61.4 Å². The number of nitrogens with one attached hydrogen (secondary N) is 2. The van der Waals surface area contributed by atoms with Gasteiger partial charge in [0.05, 0.1) is 12.5 Å². The standard InChI is InChI=1S/C8H16N2O2/c1-6-4-9-5-7(6)8(12)10-2-3-11/h6-7,9,11H,2-5H2,1H3,(H,10,12)/t6-,7-/m1/s1. The SMILES string of the molecule is C[C@@H]1CNC[C@H]1C(=O)NCCO. The number of hydrogen-bond donors (Lipinski definition) is 3. The van der Waals surface area contributed by atoms with E-state index in [0.29, 0.717) is 12.5 Å². The van der Waals surface area contributed by atoms with Gasteiger partial charge >= 0.3 is 0 Å². The maximum Gasteiger partial charge on any atom is 0.224 e. The number of carbonyl (C=O) groups excluding carboxylic acids is 1. The van der Waals surface area contributed by atoms with Crippen LogP contribution in [0, 0.1) is 11.8 Å². The molecule has 0 aliphatic carbocycles. The quantitative estimate of drug-likeness (QED) is 0.509. The van der Waals surface area contributed by atoms with Crippen molar-refractivity contribution in [3.8, 4) is 0 Å². The molecule has 0 aromatic carbocycles. The second kappa shape index (κ2) is 4.42. The van der Waals surface area contributed by atoms with Gasteiger partial charge in [0.2, 0.25) is 5.91 Å². The lowest BCUT2D eigenvalue weighted by Gasteiger charge is -2.13. The largest absolute Gasteiger partial charge is 0.395 e. The van der Waals surface area contributed by atoms with E-state index in [9.17, 15) is 4.79 Å². The Hall–Kier alpha value is -0.610. The molecule has 0 spiro atoms. The third-order valence-corrected chi connectivity index (χ3v) is 2.27. The van der Waals surface area contributed by atoms with Crippen molar-refractivity contribution in [3.05, 3.63) is 0 Å². The van der Waals surface area contributed by atoms with Gasteiger partial charge in [0.15, 0.2) is 0 Å². The molecule has 0 aromatic rings. The molecule has 0 saturated carbocycles. The van der Waals surface area contributed by atoms with Gasteiger partial charge in [0.1, 0.15) is 0 Å². The molecule has 2 atom stereocenters. The Balaban J connectivity index is 2.30. The van der Waals surface area contributed by atoms with E-state index in [2.05, 4.69) is 17.6 Å². The molecule has 0 bridgehead atoms. The molecule has 3 N–H and O–H groups in total. The van der Waals surface area contributed by atoms with Crippen LogP contribution in [0.3, 0.4) is 0 Å². The zero-order valence-corrected chi connectivity index (χ0v) is 7.34. The monoisotopic (exact) mass is 172 g/mol. The second-order valence-corrected chi connectivity index (χ2v) is 3.26. The highest BCUT2D eigenvalue weighted by molar-refractivity contribution is 5.79. The first-order valence-corrected chi connectivity index (χ1v) is 4.35. The van der Waals surface area contributed by atoms with Crippen molar-refractivity contribution in [3.63, 3.8) is 0 Å². The van der Waals surface area contributed by atoms with Crippen LogP contribution in [0.5, 0.6) is 0 Å². The zero-order chi connectivity index (χ0) is 8.97. The molecule has 4 nitrogen and oxygen atoms in total. The number of aliphatic hydroxyl groups excluding tert-OH is 1. The van der Waals surface area contributed by atoms with Gasteiger partial charge in [-0.15, -0.1) is 0 Å². The zero-order valence-electron chi connectivity index (χ0n) is 7.34. The highest BCUT2D eigenvalue weighted by Gasteiger charge is 2.28. The third-order valence-electron chi connectivity index (χ3n) is 2.27. The van der Waals surface area contributed by atoms with Crippen LogP contribution < -0.4 is 10.6 Å². The summed E-state index contributed by atoms with van der Waals surface area (Å²) < 4.78 is 0. The Kier molecular flexibility index (Phi) is 3.49. The molecule has 70 valence electrons. The lowest BCUT2D eigenvalue weighted by Crippen LogP contribution is -2.35. The molecule has 1 saturated heterocycles. The van der Waals surface area contributed by atoms with Crippen LogP contribution in [0.15, 0.2) is 0 Å². The van der Waals surface area contributed by atoms with Crippen LogP contribution in [0.1, 0.15) is 6.92 Å². The van der Waals surface area contributed by atoms with Crippen molar-refractivity contribution in [2.45, 2.75) is 6.92 Å². The maximum absolute atomic E-state index is 11.4. The van der Waals surface area contributed by atoms with Gasteiger partial charge in [-0.25, -0.2) is 0 Å². The molecule has 1 aliphatic rings. The molecule has 0 aromatic heterocycles. The van der Waals surface area contributed by atoms with Crippen LogP contribution in [0.4, 0.5) is 0 Å². The smallest absolute Gasteiger partial charge is 0.224 e. The van der Waals surface area contributed by atoms with Gasteiger partial charge in [-0.1, -0.05) is 6.92 Å². The van der Waals surface area contributed by atoms with E-state index in [0.717, 1.165) is 13.1 Å². The fraction of sp³-hybridized carbons (Fsp3) is 0.875. The average molecular weight is 172 g/mol. The minimum atomic E-state index is 0.0142. The van der Waals surface area contributed by atoms with E-state index in [-0.39, 0.29) is 18.4 Å². The van der Waals surface area contributed by atoms with Crippen LogP contribution in [-0.2, 0) is 4.79 Å². The summed E-state index contributed by atoms with van der Waals surface area (Å²) in [4.78, 5) is 11.4. The van der Waals surface area contributed by atoms with Crippen molar-refractivity contribution >= 4 is 5.91 Å². The van der Waals surface area contributed by atoms with Gasteiger partial charge in [-0.3, -0.25) is 4.79 Å². The summed E-state index contributed by atoms with van der Waals surface area (Å²) in [5.41, 5.74) is 0. The number of rotatable bonds is 3. The Morgan fingerprint density at radius 2 is 2.42 bits per heavy atom. The number of aliphatic hydroxyl groups is 1. The van der Waals surface area contributed by atoms with E-state index in [1.807, 2.05) is 0 Å². The lowest BCUT2D eigenvalue weighted by molar-refractivity contribution is -0.125. The molecule has 1 heterocycles. The predicted molar refractivity (Wildman–Crippen MR) is 45.6 cm³/mol. The minimum Gasteiger partial charge on any atom is -0.395 e. The normalized spacial score (nSPS) is 28.8. The molecule has 4 heteroatoms. The summed E-state index contributed by atoms with van der Waals surface area (Å²) in [6.07, 6.45) is 0. The number of amides is 1. The first-order chi connectivity index (χ1) is 5.75. The van der Waals surface area contributed by atoms with E-state index in [1.54, 1.807) is 0 Å². The highest BCUT2D eigenvalue weighted by Crippen LogP contribution is 2.15. The van der Waals surface area contributed by atoms with E-state index < -0.39 is 0 Å². The summed E-state index contributed by atoms with van der Waals surface area (Å²) in [6.45, 7) is 4.11. The molecule has 1 fully saturated rings. The summed E-state index contributed by atoms with van der Waals surface area (Å²) >= 11 is 0. The van der Waals surface area contributed by atoms with Crippen LogP contribution in [0.2, 0.25) is 0 Å². The Bertz CT molecular complexity index is 161. The lowest BCUT2D eigenvalue weighted by atomic mass is 9.97. The molecule has 0 unspecified atom stereocenters. The summed E-state index contributed by atoms with van der Waals surface area (Å²) in [6, 6.07) is 0. The summed E-state index contributed by atoms with van der Waals surface area (Å²) in [7, 11) is 0. The summed E-state index contributed by atoms with van der Waals surface area (Å²) in [5.74, 6) is 0.543. The van der Waals surface area contributed by atoms with Gasteiger partial charge < -0.3 is 15.7 Å². The van der Waals surface area contributed by atoms with Crippen LogP contribution >= 0.6 is 0 Å². The van der Waals surface area contributed by atoms with E-state index in [1.165, 1.54) is 0 Å². The Morgan fingerprint density at radius 1 is 1.67 bits per heavy atom. The van der Waals surface area contributed by atoms with Gasteiger partial charge in [-0.05, 0) is 12.5 Å². The Morgan fingerprint density at radius 3 is 2.92 bits per heavy atom. The first-order valence-electron chi connectivity index (χ1n) is 4.35. The molecule has 1 rings (SSSR count). The molecule has 1 amide bonds. The average Bonchev–Trinajstić information content (AvgIpc) is 2.47. The van der Waals surface area contributed by atoms with Gasteiger partial charge in [-0.2, -0.15) is 0 Å². The Labute approximate surface area is 72.3 Å². The fourth-order valence-corrected chi connectivity index (χ4v) is 1.47. The second-order valence-electron chi connectivity index (χ2n) is 3.26. The number of hydrogen-bond acceptors (Lipinski definition) is 3. The molecule has 0 radical (unpaired) electrons. The number of carbonyl (C=O) groups is 1. The highest BCUT2D eigenvalue weighted by atomic mass is 16.3. The molecular weight excluding hydrogens is 156 g/mol. The van der Waals surface area contributed by atoms with Crippen molar-refractivity contribution in [2.24, 2.45) is 11.8 Å². The summed E-state index contributed by atoms with van der Waals surface area (Å²) in [5, 5.41) is 14.3. The maximum atomic E-state index is 11.4. The van der Waals surface area contributed by atoms with Crippen molar-refractivity contribution in [1.29, 1.82) is 0 Å². The molecular formula is C8H16N2O2. The van der Waals surface area contributed by atoms with Crippen molar-refractivity contribution in [1.82, 2.24) is 10.6 Å². The van der Waals surface area contributed by atoms with Gasteiger partial charge in [0, 0.05) is 13.1 Å².